The van der Waals surface area contributed by atoms with Crippen LogP contribution in [0.2, 0.25) is 5.02 Å². The van der Waals surface area contributed by atoms with Crippen molar-refractivity contribution in [2.24, 2.45) is 0 Å². The molecule has 5 rings (SSSR count). The topological polar surface area (TPSA) is 38.1 Å². The van der Waals surface area contributed by atoms with E-state index in [0.29, 0.717) is 11.6 Å². The van der Waals surface area contributed by atoms with Crippen LogP contribution in [-0.4, -0.2) is 22.2 Å². The normalized spacial score (nSPS) is 14.2. The molecule has 1 aromatic heterocycles. The summed E-state index contributed by atoms with van der Waals surface area (Å²) < 4.78 is 1.83. The number of benzene rings is 3. The standard InChI is InChI=1S/C24H20ClN3O/c1-16(24(29)27-14-13-17-7-5-6-10-21(17)27)28-22-12-11-19(25)15-20(22)23(26-28)18-8-3-2-4-9-18/h2-12,15-16H,13-14H2,1H3/t16-/m0/s1. The molecule has 0 aliphatic carbocycles. The number of amides is 1. The minimum Gasteiger partial charge on any atom is -0.310 e. The maximum Gasteiger partial charge on any atom is 0.251 e. The third-order valence-electron chi connectivity index (χ3n) is 5.59. The number of fused-ring (bicyclic) bond motifs is 2. The molecule has 0 unspecified atom stereocenters. The molecular formula is C24H20ClN3O. The molecule has 1 amide bonds. The molecular weight excluding hydrogens is 382 g/mol. The van der Waals surface area contributed by atoms with Crippen molar-refractivity contribution in [1.29, 1.82) is 0 Å². The van der Waals surface area contributed by atoms with Crippen LogP contribution in [0.5, 0.6) is 0 Å². The van der Waals surface area contributed by atoms with Gasteiger partial charge in [0, 0.05) is 28.2 Å². The third-order valence-corrected chi connectivity index (χ3v) is 5.83. The van der Waals surface area contributed by atoms with Crippen molar-refractivity contribution in [2.75, 3.05) is 11.4 Å². The van der Waals surface area contributed by atoms with E-state index in [0.717, 1.165) is 34.3 Å². The molecule has 4 nitrogen and oxygen atoms in total. The summed E-state index contributed by atoms with van der Waals surface area (Å²) in [6.45, 7) is 2.62. The molecule has 5 heteroatoms. The van der Waals surface area contributed by atoms with Crippen molar-refractivity contribution in [2.45, 2.75) is 19.4 Å². The Balaban J connectivity index is 1.59. The van der Waals surface area contributed by atoms with Gasteiger partial charge in [0.05, 0.1) is 5.52 Å². The van der Waals surface area contributed by atoms with Gasteiger partial charge in [0.2, 0.25) is 0 Å². The maximum atomic E-state index is 13.4. The van der Waals surface area contributed by atoms with E-state index in [1.807, 2.05) is 83.2 Å². The molecule has 1 aliphatic rings. The lowest BCUT2D eigenvalue weighted by molar-refractivity contribution is -0.121. The molecule has 0 radical (unpaired) electrons. The Kier molecular flexibility index (Phi) is 4.36. The number of hydrogen-bond acceptors (Lipinski definition) is 2. The first-order valence-corrected chi connectivity index (χ1v) is 10.1. The second kappa shape index (κ2) is 7.05. The van der Waals surface area contributed by atoms with Crippen LogP contribution in [0.3, 0.4) is 0 Å². The fraction of sp³-hybridized carbons (Fsp3) is 0.167. The summed E-state index contributed by atoms with van der Waals surface area (Å²) in [6.07, 6.45) is 0.888. The highest BCUT2D eigenvalue weighted by molar-refractivity contribution is 6.31. The first-order chi connectivity index (χ1) is 14.1. The number of halogens is 1. The molecule has 0 N–H and O–H groups in total. The number of nitrogens with zero attached hydrogens (tertiary/aromatic N) is 3. The van der Waals surface area contributed by atoms with Gasteiger partial charge in [-0.05, 0) is 43.2 Å². The first kappa shape index (κ1) is 18.0. The van der Waals surface area contributed by atoms with Crippen LogP contribution in [0.1, 0.15) is 18.5 Å². The van der Waals surface area contributed by atoms with Crippen molar-refractivity contribution < 1.29 is 4.79 Å². The largest absolute Gasteiger partial charge is 0.310 e. The maximum absolute atomic E-state index is 13.4. The highest BCUT2D eigenvalue weighted by atomic mass is 35.5. The molecule has 1 aliphatic heterocycles. The van der Waals surface area contributed by atoms with Gasteiger partial charge in [-0.2, -0.15) is 5.10 Å². The lowest BCUT2D eigenvalue weighted by atomic mass is 10.1. The molecule has 2 heterocycles. The number of para-hydroxylation sites is 1. The van der Waals surface area contributed by atoms with Gasteiger partial charge < -0.3 is 4.90 Å². The Morgan fingerprint density at radius 1 is 1.03 bits per heavy atom. The molecule has 0 bridgehead atoms. The second-order valence-corrected chi connectivity index (χ2v) is 7.80. The Hall–Kier alpha value is -3.11. The van der Waals surface area contributed by atoms with Gasteiger partial charge in [-0.1, -0.05) is 60.1 Å². The quantitative estimate of drug-likeness (QED) is 0.454. The molecule has 0 spiro atoms. The van der Waals surface area contributed by atoms with Crippen LogP contribution in [0, 0.1) is 0 Å². The van der Waals surface area contributed by atoms with Crippen LogP contribution >= 0.6 is 11.6 Å². The molecule has 4 aromatic rings. The minimum absolute atomic E-state index is 0.0499. The van der Waals surface area contributed by atoms with Crippen molar-refractivity contribution in [3.8, 4) is 11.3 Å². The predicted molar refractivity (Wildman–Crippen MR) is 117 cm³/mol. The fourth-order valence-electron chi connectivity index (χ4n) is 4.11. The van der Waals surface area contributed by atoms with Gasteiger partial charge >= 0.3 is 0 Å². The zero-order chi connectivity index (χ0) is 20.0. The number of anilines is 1. The van der Waals surface area contributed by atoms with E-state index < -0.39 is 6.04 Å². The van der Waals surface area contributed by atoms with Gasteiger partial charge in [-0.15, -0.1) is 0 Å². The minimum atomic E-state index is -0.428. The van der Waals surface area contributed by atoms with Crippen molar-refractivity contribution in [3.63, 3.8) is 0 Å². The van der Waals surface area contributed by atoms with Crippen molar-refractivity contribution >= 4 is 34.1 Å². The zero-order valence-corrected chi connectivity index (χ0v) is 16.8. The van der Waals surface area contributed by atoms with Crippen LogP contribution in [0.15, 0.2) is 72.8 Å². The Morgan fingerprint density at radius 3 is 2.62 bits per heavy atom. The number of carbonyl (C=O) groups is 1. The van der Waals surface area contributed by atoms with Crippen molar-refractivity contribution in [3.05, 3.63) is 83.4 Å². The summed E-state index contributed by atoms with van der Waals surface area (Å²) in [5.74, 6) is 0.0499. The Bertz CT molecular complexity index is 1220. The summed E-state index contributed by atoms with van der Waals surface area (Å²) in [5.41, 5.74) is 4.97. The van der Waals surface area contributed by atoms with E-state index in [4.69, 9.17) is 16.7 Å². The van der Waals surface area contributed by atoms with Crippen LogP contribution in [-0.2, 0) is 11.2 Å². The highest BCUT2D eigenvalue weighted by Crippen LogP contribution is 2.34. The third kappa shape index (κ3) is 3.00. The summed E-state index contributed by atoms with van der Waals surface area (Å²) in [7, 11) is 0. The molecule has 0 saturated heterocycles. The molecule has 3 aromatic carbocycles. The number of aromatic nitrogens is 2. The number of rotatable bonds is 3. The average molecular weight is 402 g/mol. The molecule has 144 valence electrons. The fourth-order valence-corrected chi connectivity index (χ4v) is 4.29. The van der Waals surface area contributed by atoms with Crippen molar-refractivity contribution in [1.82, 2.24) is 9.78 Å². The van der Waals surface area contributed by atoms with Gasteiger partial charge in [0.15, 0.2) is 0 Å². The van der Waals surface area contributed by atoms with E-state index >= 15 is 0 Å². The van der Waals surface area contributed by atoms with E-state index in [1.165, 1.54) is 5.56 Å². The monoisotopic (exact) mass is 401 g/mol. The van der Waals surface area contributed by atoms with Crippen LogP contribution in [0.25, 0.3) is 22.2 Å². The van der Waals surface area contributed by atoms with Gasteiger partial charge in [-0.25, -0.2) is 0 Å². The summed E-state index contributed by atoms with van der Waals surface area (Å²) in [4.78, 5) is 15.3. The smallest absolute Gasteiger partial charge is 0.251 e. The highest BCUT2D eigenvalue weighted by Gasteiger charge is 2.30. The first-order valence-electron chi connectivity index (χ1n) is 9.76. The number of hydrogen-bond donors (Lipinski definition) is 0. The molecule has 1 atom stereocenters. The lowest BCUT2D eigenvalue weighted by Gasteiger charge is -2.22. The molecule has 29 heavy (non-hydrogen) atoms. The lowest BCUT2D eigenvalue weighted by Crippen LogP contribution is -2.35. The molecule has 0 saturated carbocycles. The van der Waals surface area contributed by atoms with Crippen LogP contribution < -0.4 is 4.90 Å². The van der Waals surface area contributed by atoms with E-state index in [2.05, 4.69) is 6.07 Å². The van der Waals surface area contributed by atoms with E-state index in [1.54, 1.807) is 0 Å². The Morgan fingerprint density at radius 2 is 1.79 bits per heavy atom. The summed E-state index contributed by atoms with van der Waals surface area (Å²) >= 11 is 6.28. The second-order valence-electron chi connectivity index (χ2n) is 7.37. The van der Waals surface area contributed by atoms with Gasteiger partial charge in [-0.3, -0.25) is 9.48 Å². The van der Waals surface area contributed by atoms with Gasteiger partial charge in [0.25, 0.3) is 5.91 Å². The van der Waals surface area contributed by atoms with E-state index in [9.17, 15) is 4.79 Å². The predicted octanol–water partition coefficient (Wildman–Crippen LogP) is 5.51. The van der Waals surface area contributed by atoms with E-state index in [-0.39, 0.29) is 5.91 Å². The van der Waals surface area contributed by atoms with Crippen LogP contribution in [0.4, 0.5) is 5.69 Å². The SMILES string of the molecule is C[C@@H](C(=O)N1CCc2ccccc21)n1nc(-c2ccccc2)c2cc(Cl)ccc21. The van der Waals surface area contributed by atoms with Gasteiger partial charge in [0.1, 0.15) is 11.7 Å². The number of carbonyl (C=O) groups excluding carboxylic acids is 1. The average Bonchev–Trinajstić information content (AvgIpc) is 3.35. The summed E-state index contributed by atoms with van der Waals surface area (Å²) in [6, 6.07) is 23.4. The zero-order valence-electron chi connectivity index (χ0n) is 16.0. The molecule has 0 fully saturated rings. The summed E-state index contributed by atoms with van der Waals surface area (Å²) in [5, 5.41) is 6.46. The Labute approximate surface area is 174 Å².